The zero-order valence-electron chi connectivity index (χ0n) is 10.6. The Bertz CT molecular complexity index is 382. The Morgan fingerprint density at radius 1 is 1.61 bits per heavy atom. The van der Waals surface area contributed by atoms with Gasteiger partial charge in [-0.2, -0.15) is 0 Å². The molecule has 0 spiro atoms. The molecule has 1 fully saturated rings. The van der Waals surface area contributed by atoms with Crippen LogP contribution in [0.2, 0.25) is 0 Å². The van der Waals surface area contributed by atoms with Gasteiger partial charge in [0.2, 0.25) is 0 Å². The maximum atomic E-state index is 11.5. The number of ether oxygens (including phenoxy) is 1. The molecule has 1 saturated heterocycles. The van der Waals surface area contributed by atoms with Crippen molar-refractivity contribution in [3.8, 4) is 0 Å². The summed E-state index contributed by atoms with van der Waals surface area (Å²) in [5.41, 5.74) is -0.778. The number of nitrogens with zero attached hydrogens (tertiary/aromatic N) is 1. The van der Waals surface area contributed by atoms with E-state index in [0.29, 0.717) is 32.7 Å². The molecule has 18 heavy (non-hydrogen) atoms. The molecule has 1 atom stereocenters. The summed E-state index contributed by atoms with van der Waals surface area (Å²) < 4.78 is 10.6. The van der Waals surface area contributed by atoms with E-state index >= 15 is 0 Å². The summed E-state index contributed by atoms with van der Waals surface area (Å²) in [4.78, 5) is 13.5. The van der Waals surface area contributed by atoms with E-state index in [1.807, 2.05) is 24.1 Å². The van der Waals surface area contributed by atoms with Crippen LogP contribution in [0, 0.1) is 5.41 Å². The third-order valence-corrected chi connectivity index (χ3v) is 3.35. The van der Waals surface area contributed by atoms with Crippen LogP contribution in [0.3, 0.4) is 0 Å². The number of carboxylic acid groups (broad SMARTS) is 1. The Balaban J connectivity index is 1.98. The van der Waals surface area contributed by atoms with Gasteiger partial charge in [-0.1, -0.05) is 0 Å². The number of rotatable bonds is 5. The van der Waals surface area contributed by atoms with Crippen molar-refractivity contribution in [2.45, 2.75) is 19.4 Å². The average molecular weight is 253 g/mol. The van der Waals surface area contributed by atoms with Gasteiger partial charge in [0, 0.05) is 13.2 Å². The first-order valence-corrected chi connectivity index (χ1v) is 6.14. The lowest BCUT2D eigenvalue weighted by Crippen LogP contribution is -2.47. The lowest BCUT2D eigenvalue weighted by Gasteiger charge is -2.35. The second-order valence-electron chi connectivity index (χ2n) is 4.99. The molecule has 0 radical (unpaired) electrons. The summed E-state index contributed by atoms with van der Waals surface area (Å²) >= 11 is 0. The number of aliphatic carboxylic acids is 1. The van der Waals surface area contributed by atoms with E-state index in [9.17, 15) is 9.90 Å². The summed E-state index contributed by atoms with van der Waals surface area (Å²) in [6.07, 6.45) is 3.10. The van der Waals surface area contributed by atoms with Crippen LogP contribution >= 0.6 is 0 Å². The molecule has 0 aliphatic carbocycles. The Labute approximate surface area is 106 Å². The van der Waals surface area contributed by atoms with Gasteiger partial charge >= 0.3 is 5.97 Å². The van der Waals surface area contributed by atoms with Gasteiger partial charge in [0.05, 0.1) is 19.4 Å². The second kappa shape index (κ2) is 5.54. The van der Waals surface area contributed by atoms with Gasteiger partial charge in [-0.05, 0) is 32.0 Å². The standard InChI is InChI=1S/C13H19NO4/c1-14(8-11-4-2-7-18-11)9-13(12(15)16)5-3-6-17-10-13/h2,4,7H,3,5-6,8-10H2,1H3,(H,15,16). The fourth-order valence-electron chi connectivity index (χ4n) is 2.45. The molecule has 100 valence electrons. The van der Waals surface area contributed by atoms with Crippen molar-refractivity contribution in [1.29, 1.82) is 0 Å². The Morgan fingerprint density at radius 3 is 3.00 bits per heavy atom. The lowest BCUT2D eigenvalue weighted by atomic mass is 9.82. The minimum Gasteiger partial charge on any atom is -0.481 e. The van der Waals surface area contributed by atoms with Crippen molar-refractivity contribution in [2.24, 2.45) is 5.41 Å². The fraction of sp³-hybridized carbons (Fsp3) is 0.615. The van der Waals surface area contributed by atoms with E-state index in [0.717, 1.165) is 12.2 Å². The van der Waals surface area contributed by atoms with Gasteiger partial charge in [0.25, 0.3) is 0 Å². The molecule has 2 rings (SSSR count). The first-order valence-electron chi connectivity index (χ1n) is 6.14. The summed E-state index contributed by atoms with van der Waals surface area (Å²) in [5.74, 6) is 0.0725. The van der Waals surface area contributed by atoms with Crippen LogP contribution in [0.25, 0.3) is 0 Å². The van der Waals surface area contributed by atoms with Crippen molar-refractivity contribution in [3.63, 3.8) is 0 Å². The first-order chi connectivity index (χ1) is 8.62. The average Bonchev–Trinajstić information content (AvgIpc) is 2.82. The maximum absolute atomic E-state index is 11.5. The fourth-order valence-corrected chi connectivity index (χ4v) is 2.45. The summed E-state index contributed by atoms with van der Waals surface area (Å²) in [7, 11) is 1.90. The molecule has 5 heteroatoms. The van der Waals surface area contributed by atoms with Gasteiger partial charge < -0.3 is 14.3 Å². The highest BCUT2D eigenvalue weighted by atomic mass is 16.5. The van der Waals surface area contributed by atoms with E-state index in [1.165, 1.54) is 0 Å². The maximum Gasteiger partial charge on any atom is 0.313 e. The number of hydrogen-bond acceptors (Lipinski definition) is 4. The number of carbonyl (C=O) groups is 1. The molecule has 0 saturated carbocycles. The Hall–Kier alpha value is -1.33. The van der Waals surface area contributed by atoms with Gasteiger partial charge in [-0.15, -0.1) is 0 Å². The van der Waals surface area contributed by atoms with Crippen molar-refractivity contribution in [2.75, 3.05) is 26.8 Å². The van der Waals surface area contributed by atoms with Crippen LogP contribution < -0.4 is 0 Å². The number of furan rings is 1. The van der Waals surface area contributed by atoms with E-state index in [1.54, 1.807) is 6.26 Å². The molecular weight excluding hydrogens is 234 g/mol. The molecule has 0 bridgehead atoms. The van der Waals surface area contributed by atoms with E-state index in [4.69, 9.17) is 9.15 Å². The quantitative estimate of drug-likeness (QED) is 0.863. The predicted octanol–water partition coefficient (Wildman–Crippen LogP) is 1.59. The van der Waals surface area contributed by atoms with Crippen molar-refractivity contribution in [1.82, 2.24) is 4.90 Å². The first kappa shape index (κ1) is 13.1. The lowest BCUT2D eigenvalue weighted by molar-refractivity contribution is -0.159. The summed E-state index contributed by atoms with van der Waals surface area (Å²) in [6, 6.07) is 3.72. The number of carboxylic acids is 1. The monoisotopic (exact) mass is 253 g/mol. The minimum atomic E-state index is -0.778. The highest BCUT2D eigenvalue weighted by molar-refractivity contribution is 5.75. The molecule has 2 heterocycles. The smallest absolute Gasteiger partial charge is 0.313 e. The number of hydrogen-bond donors (Lipinski definition) is 1. The normalized spacial score (nSPS) is 24.3. The van der Waals surface area contributed by atoms with Crippen LogP contribution in [0.4, 0.5) is 0 Å². The van der Waals surface area contributed by atoms with Crippen LogP contribution in [0.15, 0.2) is 22.8 Å². The molecular formula is C13H19NO4. The molecule has 0 aromatic carbocycles. The molecule has 1 aromatic rings. The van der Waals surface area contributed by atoms with E-state index in [2.05, 4.69) is 0 Å². The highest BCUT2D eigenvalue weighted by Gasteiger charge is 2.41. The van der Waals surface area contributed by atoms with Crippen LogP contribution in [-0.2, 0) is 16.1 Å². The topological polar surface area (TPSA) is 62.9 Å². The third-order valence-electron chi connectivity index (χ3n) is 3.35. The van der Waals surface area contributed by atoms with Crippen LogP contribution in [0.5, 0.6) is 0 Å². The molecule has 1 N–H and O–H groups in total. The Morgan fingerprint density at radius 2 is 2.44 bits per heavy atom. The molecule has 1 aliphatic heterocycles. The Kier molecular flexibility index (Phi) is 4.04. The highest BCUT2D eigenvalue weighted by Crippen LogP contribution is 2.30. The van der Waals surface area contributed by atoms with Crippen molar-refractivity contribution in [3.05, 3.63) is 24.2 Å². The third kappa shape index (κ3) is 2.91. The van der Waals surface area contributed by atoms with Crippen molar-refractivity contribution < 1.29 is 19.1 Å². The largest absolute Gasteiger partial charge is 0.481 e. The predicted molar refractivity (Wildman–Crippen MR) is 65.2 cm³/mol. The SMILES string of the molecule is CN(Cc1ccco1)CC1(C(=O)O)CCCOC1. The molecule has 1 unspecified atom stereocenters. The van der Waals surface area contributed by atoms with Crippen molar-refractivity contribution >= 4 is 5.97 Å². The van der Waals surface area contributed by atoms with Crippen LogP contribution in [-0.4, -0.2) is 42.8 Å². The van der Waals surface area contributed by atoms with E-state index < -0.39 is 11.4 Å². The second-order valence-corrected chi connectivity index (χ2v) is 4.99. The zero-order valence-corrected chi connectivity index (χ0v) is 10.6. The van der Waals surface area contributed by atoms with Gasteiger partial charge in [0.1, 0.15) is 11.2 Å². The molecule has 0 amide bonds. The van der Waals surface area contributed by atoms with E-state index in [-0.39, 0.29) is 0 Å². The summed E-state index contributed by atoms with van der Waals surface area (Å²) in [5, 5.41) is 9.43. The molecule has 5 nitrogen and oxygen atoms in total. The van der Waals surface area contributed by atoms with Gasteiger partial charge in [0.15, 0.2) is 0 Å². The summed E-state index contributed by atoms with van der Waals surface area (Å²) in [6.45, 7) is 2.05. The minimum absolute atomic E-state index is 0.296. The molecule has 1 aromatic heterocycles. The van der Waals surface area contributed by atoms with Gasteiger partial charge in [-0.25, -0.2) is 0 Å². The zero-order chi connectivity index (χ0) is 13.0. The van der Waals surface area contributed by atoms with Crippen LogP contribution in [0.1, 0.15) is 18.6 Å². The molecule has 1 aliphatic rings. The van der Waals surface area contributed by atoms with Gasteiger partial charge in [-0.3, -0.25) is 9.69 Å².